The first kappa shape index (κ1) is 11.1. The number of piperazine rings is 1. The van der Waals surface area contributed by atoms with E-state index in [-0.39, 0.29) is 11.9 Å². The summed E-state index contributed by atoms with van der Waals surface area (Å²) in [5.41, 5.74) is 3.84. The van der Waals surface area contributed by atoms with Crippen molar-refractivity contribution in [2.75, 3.05) is 13.1 Å². The first-order chi connectivity index (χ1) is 7.68. The van der Waals surface area contributed by atoms with Crippen molar-refractivity contribution in [2.24, 2.45) is 0 Å². The molecule has 1 heterocycles. The van der Waals surface area contributed by atoms with Crippen molar-refractivity contribution >= 4 is 5.91 Å². The smallest absolute Gasteiger partial charge is 0.237 e. The molecule has 1 aliphatic heterocycles. The van der Waals surface area contributed by atoms with Gasteiger partial charge in [-0.25, -0.2) is 0 Å². The Hall–Kier alpha value is -1.35. The van der Waals surface area contributed by atoms with Gasteiger partial charge in [0, 0.05) is 13.1 Å². The largest absolute Gasteiger partial charge is 0.353 e. The zero-order chi connectivity index (χ0) is 11.5. The summed E-state index contributed by atoms with van der Waals surface area (Å²) in [6.07, 6.45) is 0.777. The maximum atomic E-state index is 11.6. The number of hydrogen-bond acceptors (Lipinski definition) is 2. The van der Waals surface area contributed by atoms with E-state index in [1.165, 1.54) is 16.7 Å². The highest BCUT2D eigenvalue weighted by Gasteiger charge is 2.21. The van der Waals surface area contributed by atoms with Crippen LogP contribution in [0.2, 0.25) is 0 Å². The fourth-order valence-corrected chi connectivity index (χ4v) is 2.07. The summed E-state index contributed by atoms with van der Waals surface area (Å²) in [5, 5.41) is 6.14. The van der Waals surface area contributed by atoms with E-state index in [1.54, 1.807) is 0 Å². The van der Waals surface area contributed by atoms with Gasteiger partial charge in [0.15, 0.2) is 0 Å². The van der Waals surface area contributed by atoms with Gasteiger partial charge in [-0.2, -0.15) is 0 Å². The molecule has 1 aromatic rings. The lowest BCUT2D eigenvalue weighted by molar-refractivity contribution is -0.124. The summed E-state index contributed by atoms with van der Waals surface area (Å²) >= 11 is 0. The summed E-state index contributed by atoms with van der Waals surface area (Å²) in [6, 6.07) is 6.19. The third-order valence-electron chi connectivity index (χ3n) is 3.27. The number of carbonyl (C=O) groups excluding carboxylic acids is 1. The second kappa shape index (κ2) is 4.66. The predicted octanol–water partition coefficient (Wildman–Crippen LogP) is 0.934. The molecule has 3 heteroatoms. The molecule has 0 radical (unpaired) electrons. The molecule has 86 valence electrons. The second-order valence-corrected chi connectivity index (χ2v) is 4.36. The molecule has 16 heavy (non-hydrogen) atoms. The topological polar surface area (TPSA) is 41.1 Å². The Balaban J connectivity index is 2.14. The number of hydrogen-bond donors (Lipinski definition) is 2. The van der Waals surface area contributed by atoms with Crippen molar-refractivity contribution in [2.45, 2.75) is 26.3 Å². The Bertz CT molecular complexity index is 401. The molecule has 3 nitrogen and oxygen atoms in total. The quantitative estimate of drug-likeness (QED) is 0.775. The zero-order valence-corrected chi connectivity index (χ0v) is 9.84. The second-order valence-electron chi connectivity index (χ2n) is 4.36. The molecule has 1 aromatic carbocycles. The van der Waals surface area contributed by atoms with Crippen LogP contribution in [0.3, 0.4) is 0 Å². The van der Waals surface area contributed by atoms with Crippen LogP contribution >= 0.6 is 0 Å². The lowest BCUT2D eigenvalue weighted by Gasteiger charge is -2.24. The highest BCUT2D eigenvalue weighted by Crippen LogP contribution is 2.15. The molecule has 0 spiro atoms. The highest BCUT2D eigenvalue weighted by molar-refractivity contribution is 5.82. The van der Waals surface area contributed by atoms with Crippen LogP contribution in [0.25, 0.3) is 0 Å². The van der Waals surface area contributed by atoms with E-state index in [4.69, 9.17) is 0 Å². The van der Waals surface area contributed by atoms with E-state index in [0.29, 0.717) is 0 Å². The Morgan fingerprint density at radius 1 is 1.31 bits per heavy atom. The summed E-state index contributed by atoms with van der Waals surface area (Å²) in [7, 11) is 0. The van der Waals surface area contributed by atoms with Crippen LogP contribution < -0.4 is 10.6 Å². The van der Waals surface area contributed by atoms with E-state index in [2.05, 4.69) is 42.7 Å². The minimum atomic E-state index is -0.0748. The first-order valence-corrected chi connectivity index (χ1v) is 5.74. The van der Waals surface area contributed by atoms with Gasteiger partial charge in [0.05, 0.1) is 6.04 Å². The van der Waals surface area contributed by atoms with E-state index < -0.39 is 0 Å². The van der Waals surface area contributed by atoms with Crippen molar-refractivity contribution in [1.29, 1.82) is 0 Å². The van der Waals surface area contributed by atoms with Crippen LogP contribution in [0.4, 0.5) is 0 Å². The third kappa shape index (κ3) is 2.25. The SMILES string of the molecule is Cc1cccc(CC2NCCNC2=O)c1C. The number of nitrogens with one attached hydrogen (secondary N) is 2. The van der Waals surface area contributed by atoms with Gasteiger partial charge >= 0.3 is 0 Å². The molecule has 1 fully saturated rings. The molecular formula is C13H18N2O. The third-order valence-corrected chi connectivity index (χ3v) is 3.27. The van der Waals surface area contributed by atoms with Gasteiger partial charge in [0.1, 0.15) is 0 Å². The fraction of sp³-hybridized carbons (Fsp3) is 0.462. The van der Waals surface area contributed by atoms with Crippen molar-refractivity contribution in [3.05, 3.63) is 34.9 Å². The number of aryl methyl sites for hydroxylation is 1. The summed E-state index contributed by atoms with van der Waals surface area (Å²) in [4.78, 5) is 11.6. The predicted molar refractivity (Wildman–Crippen MR) is 64.4 cm³/mol. The number of benzene rings is 1. The molecule has 1 saturated heterocycles. The van der Waals surface area contributed by atoms with E-state index >= 15 is 0 Å². The molecule has 1 unspecified atom stereocenters. The molecule has 0 bridgehead atoms. The standard InChI is InChI=1S/C13H18N2O/c1-9-4-3-5-11(10(9)2)8-12-13(16)15-7-6-14-12/h3-5,12,14H,6-8H2,1-2H3,(H,15,16). The monoisotopic (exact) mass is 218 g/mol. The van der Waals surface area contributed by atoms with Gasteiger partial charge in [-0.15, -0.1) is 0 Å². The normalized spacial score (nSPS) is 20.6. The average Bonchev–Trinajstić information content (AvgIpc) is 2.28. The summed E-state index contributed by atoms with van der Waals surface area (Å²) < 4.78 is 0. The molecular weight excluding hydrogens is 200 g/mol. The van der Waals surface area contributed by atoms with Crippen LogP contribution in [-0.4, -0.2) is 25.0 Å². The number of rotatable bonds is 2. The number of amides is 1. The minimum absolute atomic E-state index is 0.0748. The molecule has 0 aliphatic carbocycles. The maximum Gasteiger partial charge on any atom is 0.237 e. The Labute approximate surface area is 96.2 Å². The van der Waals surface area contributed by atoms with Crippen LogP contribution in [0.15, 0.2) is 18.2 Å². The van der Waals surface area contributed by atoms with Crippen LogP contribution in [-0.2, 0) is 11.2 Å². The van der Waals surface area contributed by atoms with E-state index in [1.807, 2.05) is 0 Å². The van der Waals surface area contributed by atoms with Crippen LogP contribution in [0, 0.1) is 13.8 Å². The molecule has 2 N–H and O–H groups in total. The Kier molecular flexibility index (Phi) is 3.25. The van der Waals surface area contributed by atoms with Gasteiger partial charge in [0.25, 0.3) is 0 Å². The molecule has 1 aliphatic rings. The van der Waals surface area contributed by atoms with Gasteiger partial charge < -0.3 is 10.6 Å². The molecule has 1 atom stereocenters. The first-order valence-electron chi connectivity index (χ1n) is 5.74. The Morgan fingerprint density at radius 3 is 2.88 bits per heavy atom. The summed E-state index contributed by atoms with van der Waals surface area (Å²) in [6.45, 7) is 5.82. The highest BCUT2D eigenvalue weighted by atomic mass is 16.2. The molecule has 1 amide bonds. The minimum Gasteiger partial charge on any atom is -0.353 e. The van der Waals surface area contributed by atoms with Crippen molar-refractivity contribution in [1.82, 2.24) is 10.6 Å². The summed E-state index contributed by atoms with van der Waals surface area (Å²) in [5.74, 6) is 0.118. The fourth-order valence-electron chi connectivity index (χ4n) is 2.07. The van der Waals surface area contributed by atoms with Gasteiger partial charge in [-0.05, 0) is 37.0 Å². The van der Waals surface area contributed by atoms with E-state index in [9.17, 15) is 4.79 Å². The van der Waals surface area contributed by atoms with Crippen LogP contribution in [0.5, 0.6) is 0 Å². The van der Waals surface area contributed by atoms with Gasteiger partial charge in [-0.3, -0.25) is 4.79 Å². The Morgan fingerprint density at radius 2 is 2.12 bits per heavy atom. The van der Waals surface area contributed by atoms with Crippen molar-refractivity contribution in [3.63, 3.8) is 0 Å². The van der Waals surface area contributed by atoms with E-state index in [0.717, 1.165) is 19.5 Å². The molecule has 0 aromatic heterocycles. The van der Waals surface area contributed by atoms with Crippen molar-refractivity contribution < 1.29 is 4.79 Å². The van der Waals surface area contributed by atoms with Crippen molar-refractivity contribution in [3.8, 4) is 0 Å². The molecule has 0 saturated carbocycles. The zero-order valence-electron chi connectivity index (χ0n) is 9.84. The molecule has 2 rings (SSSR count). The number of carbonyl (C=O) groups is 1. The maximum absolute atomic E-state index is 11.6. The van der Waals surface area contributed by atoms with Gasteiger partial charge in [0.2, 0.25) is 5.91 Å². The van der Waals surface area contributed by atoms with Crippen LogP contribution in [0.1, 0.15) is 16.7 Å². The van der Waals surface area contributed by atoms with Gasteiger partial charge in [-0.1, -0.05) is 18.2 Å². The lowest BCUT2D eigenvalue weighted by Crippen LogP contribution is -2.53. The average molecular weight is 218 g/mol. The lowest BCUT2D eigenvalue weighted by atomic mass is 9.97.